The van der Waals surface area contributed by atoms with Crippen LogP contribution in [0.4, 0.5) is 0 Å². The molecule has 3 aromatic rings. The monoisotopic (exact) mass is 380 g/mol. The third-order valence-corrected chi connectivity index (χ3v) is 5.65. The van der Waals surface area contributed by atoms with Crippen molar-refractivity contribution in [2.45, 2.75) is 69.7 Å². The Morgan fingerprint density at radius 1 is 1.14 bits per heavy atom. The zero-order chi connectivity index (χ0) is 18.9. The predicted molar refractivity (Wildman–Crippen MR) is 102 cm³/mol. The molecule has 28 heavy (non-hydrogen) atoms. The van der Waals surface area contributed by atoms with Crippen LogP contribution in [0, 0.1) is 0 Å². The summed E-state index contributed by atoms with van der Waals surface area (Å²) in [6.07, 6.45) is 11.4. The summed E-state index contributed by atoms with van der Waals surface area (Å²) < 4.78 is 7.23. The van der Waals surface area contributed by atoms with Crippen molar-refractivity contribution in [3.63, 3.8) is 0 Å². The molecule has 5 rings (SSSR count). The van der Waals surface area contributed by atoms with E-state index in [9.17, 15) is 4.79 Å². The average Bonchev–Trinajstić information content (AvgIpc) is 3.38. The number of hydrogen-bond donors (Lipinski definition) is 1. The molecule has 3 aromatic heterocycles. The molecular weight excluding hydrogens is 356 g/mol. The van der Waals surface area contributed by atoms with Crippen LogP contribution >= 0.6 is 0 Å². The van der Waals surface area contributed by atoms with E-state index in [0.717, 1.165) is 37.1 Å². The van der Waals surface area contributed by atoms with Gasteiger partial charge in [0, 0.05) is 23.7 Å². The van der Waals surface area contributed by atoms with Crippen LogP contribution in [0.5, 0.6) is 0 Å². The van der Waals surface area contributed by atoms with Crippen molar-refractivity contribution in [1.29, 1.82) is 0 Å². The molecule has 0 aliphatic heterocycles. The third-order valence-electron chi connectivity index (χ3n) is 5.65. The Kier molecular flexibility index (Phi) is 4.54. The maximum atomic E-state index is 12.5. The molecule has 0 atom stereocenters. The lowest BCUT2D eigenvalue weighted by molar-refractivity contribution is -0.121. The number of fused-ring (bicyclic) bond motifs is 1. The Morgan fingerprint density at radius 2 is 1.96 bits per heavy atom. The second kappa shape index (κ2) is 7.33. The van der Waals surface area contributed by atoms with Gasteiger partial charge in [0.25, 0.3) is 5.89 Å². The Morgan fingerprint density at radius 3 is 2.75 bits per heavy atom. The van der Waals surface area contributed by atoms with E-state index >= 15 is 0 Å². The minimum absolute atomic E-state index is 0.0104. The number of amides is 1. The van der Waals surface area contributed by atoms with E-state index in [-0.39, 0.29) is 12.3 Å². The van der Waals surface area contributed by atoms with Gasteiger partial charge >= 0.3 is 0 Å². The molecule has 3 heterocycles. The van der Waals surface area contributed by atoms with Crippen molar-refractivity contribution in [3.05, 3.63) is 30.0 Å². The number of carbonyl (C=O) groups is 1. The fourth-order valence-electron chi connectivity index (χ4n) is 3.90. The zero-order valence-corrected chi connectivity index (χ0v) is 15.8. The molecule has 0 aromatic carbocycles. The van der Waals surface area contributed by atoms with Gasteiger partial charge in [-0.25, -0.2) is 0 Å². The maximum absolute atomic E-state index is 12.5. The van der Waals surface area contributed by atoms with Gasteiger partial charge in [-0.05, 0) is 37.8 Å². The van der Waals surface area contributed by atoms with Crippen molar-refractivity contribution < 1.29 is 9.32 Å². The van der Waals surface area contributed by atoms with E-state index in [1.807, 2.05) is 22.7 Å². The highest BCUT2D eigenvalue weighted by atomic mass is 16.5. The Labute approximate surface area is 162 Å². The highest BCUT2D eigenvalue weighted by molar-refractivity contribution is 5.78. The van der Waals surface area contributed by atoms with Gasteiger partial charge in [-0.1, -0.05) is 30.8 Å². The van der Waals surface area contributed by atoms with Crippen LogP contribution in [0.3, 0.4) is 0 Å². The summed E-state index contributed by atoms with van der Waals surface area (Å²) in [4.78, 5) is 16.9. The number of pyridine rings is 1. The van der Waals surface area contributed by atoms with Gasteiger partial charge in [0.05, 0.1) is 6.42 Å². The second-order valence-electron chi connectivity index (χ2n) is 7.92. The van der Waals surface area contributed by atoms with E-state index < -0.39 is 0 Å². The van der Waals surface area contributed by atoms with Gasteiger partial charge in [-0.2, -0.15) is 4.98 Å². The fraction of sp³-hybridized carbons (Fsp3) is 0.550. The highest BCUT2D eigenvalue weighted by Crippen LogP contribution is 2.38. The first-order valence-corrected chi connectivity index (χ1v) is 10.2. The molecular formula is C20H24N6O2. The molecule has 1 amide bonds. The van der Waals surface area contributed by atoms with Crippen LogP contribution in [-0.2, 0) is 11.2 Å². The standard InChI is InChI=1S/C20H24N6O2/c27-18(21-15-5-3-1-2-4-6-15)12-17-24-23-16-11-14(9-10-26(16)17)20-22-19(25-28-20)13-7-8-13/h9-11,13,15H,1-8,12H2,(H,21,27). The lowest BCUT2D eigenvalue weighted by atomic mass is 10.1. The largest absolute Gasteiger partial charge is 0.353 e. The number of carbonyl (C=O) groups excluding carboxylic acids is 1. The van der Waals surface area contributed by atoms with E-state index in [1.54, 1.807) is 0 Å². The summed E-state index contributed by atoms with van der Waals surface area (Å²) >= 11 is 0. The van der Waals surface area contributed by atoms with E-state index in [1.165, 1.54) is 25.7 Å². The first kappa shape index (κ1) is 17.3. The quantitative estimate of drug-likeness (QED) is 0.683. The molecule has 0 unspecified atom stereocenters. The fourth-order valence-corrected chi connectivity index (χ4v) is 3.90. The van der Waals surface area contributed by atoms with E-state index in [2.05, 4.69) is 25.7 Å². The summed E-state index contributed by atoms with van der Waals surface area (Å²) in [6, 6.07) is 4.05. The molecule has 8 heteroatoms. The Bertz CT molecular complexity index is 982. The number of nitrogens with one attached hydrogen (secondary N) is 1. The molecule has 2 fully saturated rings. The zero-order valence-electron chi connectivity index (χ0n) is 15.8. The molecule has 146 valence electrons. The smallest absolute Gasteiger partial charge is 0.258 e. The molecule has 0 saturated heterocycles. The van der Waals surface area contributed by atoms with Crippen molar-refractivity contribution in [2.24, 2.45) is 0 Å². The Balaban J connectivity index is 1.29. The molecule has 2 aliphatic rings. The summed E-state index contributed by atoms with van der Waals surface area (Å²) in [5.41, 5.74) is 1.48. The van der Waals surface area contributed by atoms with Gasteiger partial charge < -0.3 is 9.84 Å². The Hall–Kier alpha value is -2.77. The molecule has 1 N–H and O–H groups in total. The van der Waals surface area contributed by atoms with Crippen molar-refractivity contribution in [3.8, 4) is 11.5 Å². The van der Waals surface area contributed by atoms with Gasteiger partial charge in [0.1, 0.15) is 5.82 Å². The number of aromatic nitrogens is 5. The topological polar surface area (TPSA) is 98.2 Å². The number of hydrogen-bond acceptors (Lipinski definition) is 6. The van der Waals surface area contributed by atoms with Crippen molar-refractivity contribution in [2.75, 3.05) is 0 Å². The van der Waals surface area contributed by atoms with Crippen molar-refractivity contribution in [1.82, 2.24) is 30.1 Å². The molecule has 2 saturated carbocycles. The van der Waals surface area contributed by atoms with Crippen LogP contribution in [0.1, 0.15) is 68.9 Å². The van der Waals surface area contributed by atoms with Crippen LogP contribution in [0.15, 0.2) is 22.9 Å². The third kappa shape index (κ3) is 3.63. The van der Waals surface area contributed by atoms with Gasteiger partial charge in [0.2, 0.25) is 5.91 Å². The van der Waals surface area contributed by atoms with Crippen LogP contribution in [0.25, 0.3) is 17.1 Å². The summed E-state index contributed by atoms with van der Waals surface area (Å²) in [6.45, 7) is 0. The van der Waals surface area contributed by atoms with E-state index in [4.69, 9.17) is 4.52 Å². The summed E-state index contributed by atoms with van der Waals surface area (Å²) in [5.74, 6) is 2.38. The summed E-state index contributed by atoms with van der Waals surface area (Å²) in [7, 11) is 0. The normalized spacial score (nSPS) is 18.3. The molecule has 0 bridgehead atoms. The minimum Gasteiger partial charge on any atom is -0.353 e. The van der Waals surface area contributed by atoms with E-state index in [0.29, 0.717) is 29.3 Å². The van der Waals surface area contributed by atoms with Crippen LogP contribution in [0.2, 0.25) is 0 Å². The predicted octanol–water partition coefficient (Wildman–Crippen LogP) is 3.04. The first-order valence-electron chi connectivity index (χ1n) is 10.2. The van der Waals surface area contributed by atoms with Crippen molar-refractivity contribution >= 4 is 11.6 Å². The highest BCUT2D eigenvalue weighted by Gasteiger charge is 2.29. The molecule has 0 spiro atoms. The SMILES string of the molecule is O=C(Cc1nnc2cc(-c3nc(C4CC4)no3)ccn12)NC1CCCCCC1. The van der Waals surface area contributed by atoms with Crippen LogP contribution in [-0.4, -0.2) is 36.7 Å². The number of rotatable bonds is 5. The molecule has 2 aliphatic carbocycles. The summed E-state index contributed by atoms with van der Waals surface area (Å²) in [5, 5.41) is 15.7. The molecule has 0 radical (unpaired) electrons. The minimum atomic E-state index is 0.0104. The van der Waals surface area contributed by atoms with Gasteiger partial charge in [-0.15, -0.1) is 10.2 Å². The number of nitrogens with zero attached hydrogens (tertiary/aromatic N) is 5. The van der Waals surface area contributed by atoms with Gasteiger partial charge in [0.15, 0.2) is 11.5 Å². The van der Waals surface area contributed by atoms with Crippen LogP contribution < -0.4 is 5.32 Å². The molecule has 8 nitrogen and oxygen atoms in total. The van der Waals surface area contributed by atoms with Gasteiger partial charge in [-0.3, -0.25) is 9.20 Å². The first-order chi connectivity index (χ1) is 13.8. The second-order valence-corrected chi connectivity index (χ2v) is 7.92. The maximum Gasteiger partial charge on any atom is 0.258 e. The lowest BCUT2D eigenvalue weighted by Crippen LogP contribution is -2.35. The average molecular weight is 380 g/mol. The lowest BCUT2D eigenvalue weighted by Gasteiger charge is -2.15.